The first-order chi connectivity index (χ1) is 12.7. The number of carbonyl (C=O) groups is 1. The Labute approximate surface area is 159 Å². The van der Waals surface area contributed by atoms with Crippen LogP contribution in [-0.4, -0.2) is 25.7 Å². The predicted octanol–water partition coefficient (Wildman–Crippen LogP) is 4.08. The average Bonchev–Trinajstić information content (AvgIpc) is 2.90. The Bertz CT molecular complexity index is 935. The van der Waals surface area contributed by atoms with Crippen molar-refractivity contribution in [1.82, 2.24) is 19.7 Å². The van der Waals surface area contributed by atoms with Crippen LogP contribution in [0.1, 0.15) is 35.4 Å². The van der Waals surface area contributed by atoms with Crippen LogP contribution in [0.3, 0.4) is 0 Å². The number of anilines is 1. The van der Waals surface area contributed by atoms with E-state index in [2.05, 4.69) is 41.0 Å². The second-order valence-electron chi connectivity index (χ2n) is 6.33. The predicted molar refractivity (Wildman–Crippen MR) is 103 cm³/mol. The van der Waals surface area contributed by atoms with Gasteiger partial charge in [0, 0.05) is 41.1 Å². The van der Waals surface area contributed by atoms with Gasteiger partial charge in [-0.2, -0.15) is 0 Å². The highest BCUT2D eigenvalue weighted by atomic mass is 79.9. The summed E-state index contributed by atoms with van der Waals surface area (Å²) in [5.41, 5.74) is 2.24. The molecule has 26 heavy (non-hydrogen) atoms. The van der Waals surface area contributed by atoms with Crippen LogP contribution in [0.4, 0.5) is 5.69 Å². The first-order valence-electron chi connectivity index (χ1n) is 8.65. The average molecular weight is 412 g/mol. The Balaban J connectivity index is 1.52. The van der Waals surface area contributed by atoms with Crippen molar-refractivity contribution < 1.29 is 4.79 Å². The van der Waals surface area contributed by atoms with E-state index in [1.54, 1.807) is 18.5 Å². The Morgan fingerprint density at radius 2 is 1.92 bits per heavy atom. The Morgan fingerprint density at radius 1 is 1.08 bits per heavy atom. The van der Waals surface area contributed by atoms with Gasteiger partial charge in [-0.25, -0.2) is 0 Å². The van der Waals surface area contributed by atoms with Crippen molar-refractivity contribution in [3.05, 3.63) is 58.6 Å². The van der Waals surface area contributed by atoms with Crippen molar-refractivity contribution in [2.45, 2.75) is 32.2 Å². The molecule has 2 aromatic heterocycles. The van der Waals surface area contributed by atoms with Crippen LogP contribution in [-0.2, 0) is 13.0 Å². The molecule has 0 spiro atoms. The third-order valence-corrected chi connectivity index (χ3v) is 4.91. The van der Waals surface area contributed by atoms with Gasteiger partial charge in [0.15, 0.2) is 5.82 Å². The van der Waals surface area contributed by atoms with E-state index in [0.717, 1.165) is 46.8 Å². The fourth-order valence-electron chi connectivity index (χ4n) is 3.14. The van der Waals surface area contributed by atoms with Gasteiger partial charge in [0.2, 0.25) is 0 Å². The Kier molecular flexibility index (Phi) is 4.79. The smallest absolute Gasteiger partial charge is 0.257 e. The molecule has 7 heteroatoms. The van der Waals surface area contributed by atoms with E-state index in [4.69, 9.17) is 0 Å². The summed E-state index contributed by atoms with van der Waals surface area (Å²) in [6.07, 6.45) is 7.74. The molecule has 6 nitrogen and oxygen atoms in total. The number of rotatable bonds is 3. The summed E-state index contributed by atoms with van der Waals surface area (Å²) in [5, 5.41) is 11.6. The van der Waals surface area contributed by atoms with E-state index in [1.807, 2.05) is 24.3 Å². The number of pyridine rings is 1. The van der Waals surface area contributed by atoms with Crippen molar-refractivity contribution in [2.75, 3.05) is 5.32 Å². The van der Waals surface area contributed by atoms with Gasteiger partial charge in [0.05, 0.1) is 5.56 Å². The molecule has 0 bridgehead atoms. The molecule has 3 aromatic rings. The molecule has 1 aliphatic heterocycles. The topological polar surface area (TPSA) is 72.7 Å². The number of nitrogens with one attached hydrogen (secondary N) is 1. The number of carbonyl (C=O) groups excluding carboxylic acids is 1. The van der Waals surface area contributed by atoms with E-state index in [-0.39, 0.29) is 5.91 Å². The number of hydrogen-bond donors (Lipinski definition) is 1. The first-order valence-corrected chi connectivity index (χ1v) is 9.44. The lowest BCUT2D eigenvalue weighted by atomic mass is 10.2. The molecule has 0 saturated carbocycles. The highest BCUT2D eigenvalue weighted by Crippen LogP contribution is 2.24. The largest absolute Gasteiger partial charge is 0.322 e. The fourth-order valence-corrected chi connectivity index (χ4v) is 3.51. The van der Waals surface area contributed by atoms with Gasteiger partial charge in [-0.05, 0) is 59.1 Å². The summed E-state index contributed by atoms with van der Waals surface area (Å²) in [6.45, 7) is 0.964. The number of aryl methyl sites for hydroxylation is 1. The minimum absolute atomic E-state index is 0.192. The van der Waals surface area contributed by atoms with Crippen LogP contribution in [0.25, 0.3) is 11.4 Å². The minimum Gasteiger partial charge on any atom is -0.322 e. The summed E-state index contributed by atoms with van der Waals surface area (Å²) >= 11 is 3.33. The van der Waals surface area contributed by atoms with Crippen molar-refractivity contribution in [3.8, 4) is 11.4 Å². The Morgan fingerprint density at radius 3 is 2.73 bits per heavy atom. The number of aromatic nitrogens is 4. The lowest BCUT2D eigenvalue weighted by Gasteiger charge is -2.09. The van der Waals surface area contributed by atoms with Crippen molar-refractivity contribution >= 4 is 27.5 Å². The zero-order chi connectivity index (χ0) is 17.9. The van der Waals surface area contributed by atoms with Gasteiger partial charge in [-0.15, -0.1) is 10.2 Å². The maximum absolute atomic E-state index is 12.3. The third kappa shape index (κ3) is 3.53. The van der Waals surface area contributed by atoms with Crippen LogP contribution < -0.4 is 5.32 Å². The van der Waals surface area contributed by atoms with Gasteiger partial charge in [-0.1, -0.05) is 6.42 Å². The normalized spacial score (nSPS) is 13.7. The first kappa shape index (κ1) is 16.9. The summed E-state index contributed by atoms with van der Waals surface area (Å²) in [6, 6.07) is 9.45. The molecule has 0 unspecified atom stereocenters. The van der Waals surface area contributed by atoms with E-state index in [1.165, 1.54) is 12.8 Å². The molecule has 0 fully saturated rings. The molecular weight excluding hydrogens is 394 g/mol. The number of fused-ring (bicyclic) bond motifs is 1. The zero-order valence-electron chi connectivity index (χ0n) is 14.2. The number of hydrogen-bond acceptors (Lipinski definition) is 4. The van der Waals surface area contributed by atoms with Crippen LogP contribution >= 0.6 is 15.9 Å². The second kappa shape index (κ2) is 7.37. The Hall–Kier alpha value is -2.54. The standard InChI is InChI=1S/C19H18BrN5O/c20-15-10-14(11-21-12-15)19(26)22-16-7-5-13(6-8-16)18-24-23-17-4-2-1-3-9-25(17)18/h5-8,10-12H,1-4,9H2,(H,22,26). The maximum Gasteiger partial charge on any atom is 0.257 e. The van der Waals surface area contributed by atoms with Crippen LogP contribution in [0.5, 0.6) is 0 Å². The van der Waals surface area contributed by atoms with E-state index >= 15 is 0 Å². The summed E-state index contributed by atoms with van der Waals surface area (Å²) in [7, 11) is 0. The monoisotopic (exact) mass is 411 g/mol. The quantitative estimate of drug-likeness (QED) is 0.704. The van der Waals surface area contributed by atoms with Gasteiger partial charge in [0.25, 0.3) is 5.91 Å². The number of nitrogens with zero attached hydrogens (tertiary/aromatic N) is 4. The number of amides is 1. The number of halogens is 1. The summed E-state index contributed by atoms with van der Waals surface area (Å²) in [5.74, 6) is 1.77. The van der Waals surface area contributed by atoms with Gasteiger partial charge < -0.3 is 9.88 Å². The van der Waals surface area contributed by atoms with E-state index in [9.17, 15) is 4.79 Å². The van der Waals surface area contributed by atoms with E-state index in [0.29, 0.717) is 5.56 Å². The molecule has 0 radical (unpaired) electrons. The van der Waals surface area contributed by atoms with Crippen molar-refractivity contribution in [1.29, 1.82) is 0 Å². The van der Waals surface area contributed by atoms with Crippen LogP contribution in [0.2, 0.25) is 0 Å². The maximum atomic E-state index is 12.3. The SMILES string of the molecule is O=C(Nc1ccc(-c2nnc3n2CCCCC3)cc1)c1cncc(Br)c1. The van der Waals surface area contributed by atoms with E-state index < -0.39 is 0 Å². The summed E-state index contributed by atoms with van der Waals surface area (Å²) in [4.78, 5) is 16.3. The van der Waals surface area contributed by atoms with Gasteiger partial charge in [0.1, 0.15) is 5.82 Å². The lowest BCUT2D eigenvalue weighted by molar-refractivity contribution is 0.102. The molecular formula is C19H18BrN5O. The molecule has 132 valence electrons. The molecule has 1 amide bonds. The van der Waals surface area contributed by atoms with Gasteiger partial charge in [-0.3, -0.25) is 9.78 Å². The molecule has 4 rings (SSSR count). The highest BCUT2D eigenvalue weighted by molar-refractivity contribution is 9.10. The van der Waals surface area contributed by atoms with Gasteiger partial charge >= 0.3 is 0 Å². The highest BCUT2D eigenvalue weighted by Gasteiger charge is 2.16. The second-order valence-corrected chi connectivity index (χ2v) is 7.24. The molecule has 1 N–H and O–H groups in total. The molecule has 3 heterocycles. The molecule has 0 aliphatic carbocycles. The summed E-state index contributed by atoms with van der Waals surface area (Å²) < 4.78 is 2.99. The lowest BCUT2D eigenvalue weighted by Crippen LogP contribution is -2.12. The minimum atomic E-state index is -0.192. The molecule has 0 saturated heterocycles. The zero-order valence-corrected chi connectivity index (χ0v) is 15.7. The van der Waals surface area contributed by atoms with Crippen LogP contribution in [0, 0.1) is 0 Å². The van der Waals surface area contributed by atoms with Crippen molar-refractivity contribution in [2.24, 2.45) is 0 Å². The third-order valence-electron chi connectivity index (χ3n) is 4.48. The van der Waals surface area contributed by atoms with Crippen molar-refractivity contribution in [3.63, 3.8) is 0 Å². The fraction of sp³-hybridized carbons (Fsp3) is 0.263. The molecule has 0 atom stereocenters. The number of benzene rings is 1. The molecule has 1 aromatic carbocycles. The van der Waals surface area contributed by atoms with Crippen LogP contribution in [0.15, 0.2) is 47.2 Å². The molecule has 1 aliphatic rings.